The number of carbonyl (C=O) groups excluding carboxylic acids is 1. The number of nitrogens with one attached hydrogen (secondary N) is 1. The topological polar surface area (TPSA) is 70.7 Å². The maximum Gasteiger partial charge on any atom is 0.259 e. The van der Waals surface area contributed by atoms with Crippen LogP contribution in [0.2, 0.25) is 5.02 Å². The van der Waals surface area contributed by atoms with Crippen LogP contribution in [0.3, 0.4) is 0 Å². The first-order chi connectivity index (χ1) is 9.42. The van der Waals surface area contributed by atoms with Gasteiger partial charge in [-0.1, -0.05) is 11.6 Å². The molecule has 8 heteroatoms. The van der Waals surface area contributed by atoms with Gasteiger partial charge < -0.3 is 5.32 Å². The largest absolute Gasteiger partial charge is 0.304 e. The molecule has 1 aromatic heterocycles. The van der Waals surface area contributed by atoms with E-state index in [9.17, 15) is 13.6 Å². The molecule has 1 amide bonds. The number of rotatable bonds is 2. The molecular formula is C12H7ClF2N4O. The molecule has 1 N–H and O–H groups in total. The first kappa shape index (κ1) is 14.0. The third-order valence-corrected chi connectivity index (χ3v) is 2.73. The summed E-state index contributed by atoms with van der Waals surface area (Å²) >= 11 is 5.40. The minimum Gasteiger partial charge on any atom is -0.304 e. The van der Waals surface area contributed by atoms with E-state index in [1.54, 1.807) is 7.05 Å². The van der Waals surface area contributed by atoms with Crippen molar-refractivity contribution in [1.29, 1.82) is 5.26 Å². The lowest BCUT2D eigenvalue weighted by molar-refractivity contribution is 0.102. The lowest BCUT2D eigenvalue weighted by Gasteiger charge is -2.05. The van der Waals surface area contributed by atoms with Gasteiger partial charge in [-0.2, -0.15) is 10.4 Å². The summed E-state index contributed by atoms with van der Waals surface area (Å²) in [4.78, 5) is 11.9. The molecule has 0 saturated carbocycles. The molecule has 0 spiro atoms. The van der Waals surface area contributed by atoms with Crippen molar-refractivity contribution in [2.45, 2.75) is 0 Å². The fraction of sp³-hybridized carbons (Fsp3) is 0.0833. The maximum atomic E-state index is 13.6. The fourth-order valence-electron chi connectivity index (χ4n) is 1.53. The Labute approximate surface area is 117 Å². The van der Waals surface area contributed by atoms with Gasteiger partial charge in [0.15, 0.2) is 5.82 Å². The molecule has 2 rings (SSSR count). The quantitative estimate of drug-likeness (QED) is 0.865. The average Bonchev–Trinajstić information content (AvgIpc) is 2.73. The second-order valence-electron chi connectivity index (χ2n) is 3.88. The van der Waals surface area contributed by atoms with E-state index in [4.69, 9.17) is 16.9 Å². The van der Waals surface area contributed by atoms with Crippen LogP contribution in [-0.2, 0) is 7.05 Å². The Bertz CT molecular complexity index is 736. The zero-order valence-corrected chi connectivity index (χ0v) is 10.9. The number of benzene rings is 1. The summed E-state index contributed by atoms with van der Waals surface area (Å²) in [5.74, 6) is -2.84. The Morgan fingerprint density at radius 2 is 2.15 bits per heavy atom. The van der Waals surface area contributed by atoms with Crippen LogP contribution in [0.1, 0.15) is 15.9 Å². The molecule has 1 aromatic carbocycles. The van der Waals surface area contributed by atoms with Gasteiger partial charge in [-0.05, 0) is 12.1 Å². The van der Waals surface area contributed by atoms with Crippen LogP contribution in [0.5, 0.6) is 0 Å². The number of nitrogens with zero attached hydrogens (tertiary/aromatic N) is 3. The predicted octanol–water partition coefficient (Wildman–Crippen LogP) is 2.48. The van der Waals surface area contributed by atoms with E-state index >= 15 is 0 Å². The summed E-state index contributed by atoms with van der Waals surface area (Å²) in [6.07, 6.45) is 1.38. The Morgan fingerprint density at radius 3 is 2.80 bits per heavy atom. The fourth-order valence-corrected chi connectivity index (χ4v) is 1.68. The molecule has 0 aliphatic rings. The Morgan fingerprint density at radius 1 is 1.45 bits per heavy atom. The number of anilines is 1. The van der Waals surface area contributed by atoms with Crippen LogP contribution in [0.25, 0.3) is 0 Å². The zero-order chi connectivity index (χ0) is 14.9. The molecule has 0 saturated heterocycles. The monoisotopic (exact) mass is 296 g/mol. The average molecular weight is 297 g/mol. The highest BCUT2D eigenvalue weighted by Crippen LogP contribution is 2.20. The van der Waals surface area contributed by atoms with Gasteiger partial charge in [0.1, 0.15) is 23.3 Å². The molecular weight excluding hydrogens is 290 g/mol. The Kier molecular flexibility index (Phi) is 3.68. The molecule has 0 unspecified atom stereocenters. The number of halogens is 3. The number of aromatic nitrogens is 2. The lowest BCUT2D eigenvalue weighted by Crippen LogP contribution is -2.15. The van der Waals surface area contributed by atoms with Crippen LogP contribution in [0.15, 0.2) is 18.3 Å². The molecule has 0 aliphatic heterocycles. The van der Waals surface area contributed by atoms with Gasteiger partial charge in [0.05, 0.1) is 10.6 Å². The number of amides is 1. The predicted molar refractivity (Wildman–Crippen MR) is 67.2 cm³/mol. The van der Waals surface area contributed by atoms with Crippen LogP contribution < -0.4 is 5.32 Å². The minimum absolute atomic E-state index is 0.0326. The number of hydrogen-bond donors (Lipinski definition) is 1. The summed E-state index contributed by atoms with van der Waals surface area (Å²) < 4.78 is 28.1. The van der Waals surface area contributed by atoms with E-state index in [1.807, 2.05) is 6.07 Å². The molecule has 5 nitrogen and oxygen atoms in total. The second kappa shape index (κ2) is 5.27. The maximum absolute atomic E-state index is 13.6. The van der Waals surface area contributed by atoms with Gasteiger partial charge in [0, 0.05) is 13.2 Å². The van der Waals surface area contributed by atoms with Crippen molar-refractivity contribution in [1.82, 2.24) is 9.78 Å². The lowest BCUT2D eigenvalue weighted by atomic mass is 10.2. The zero-order valence-electron chi connectivity index (χ0n) is 10.1. The van der Waals surface area contributed by atoms with Crippen molar-refractivity contribution in [3.8, 4) is 6.07 Å². The molecule has 0 atom stereocenters. The van der Waals surface area contributed by atoms with Crippen molar-refractivity contribution < 1.29 is 13.6 Å². The van der Waals surface area contributed by atoms with Crippen molar-refractivity contribution in [3.63, 3.8) is 0 Å². The standard InChI is InChI=1S/C12H7ClF2N4O/c1-19-5-6(4-16)11(18-19)17-12(20)7-2-10(15)8(13)3-9(7)14/h2-3,5H,1H3,(H,17,18,20). The Balaban J connectivity index is 2.33. The molecule has 0 bridgehead atoms. The van der Waals surface area contributed by atoms with Crippen LogP contribution >= 0.6 is 11.6 Å². The molecule has 0 aliphatic carbocycles. The van der Waals surface area contributed by atoms with E-state index < -0.39 is 28.1 Å². The first-order valence-electron chi connectivity index (χ1n) is 5.32. The number of hydrogen-bond acceptors (Lipinski definition) is 3. The van der Waals surface area contributed by atoms with E-state index in [2.05, 4.69) is 10.4 Å². The highest BCUT2D eigenvalue weighted by molar-refractivity contribution is 6.30. The number of carbonyl (C=O) groups is 1. The molecule has 0 fully saturated rings. The SMILES string of the molecule is Cn1cc(C#N)c(NC(=O)c2cc(F)c(Cl)cc2F)n1. The van der Waals surface area contributed by atoms with Crippen molar-refractivity contribution in [2.24, 2.45) is 7.05 Å². The van der Waals surface area contributed by atoms with Gasteiger partial charge >= 0.3 is 0 Å². The van der Waals surface area contributed by atoms with Crippen molar-refractivity contribution >= 4 is 23.3 Å². The van der Waals surface area contributed by atoms with Crippen LogP contribution in [-0.4, -0.2) is 15.7 Å². The minimum atomic E-state index is -0.969. The van der Waals surface area contributed by atoms with Crippen LogP contribution in [0.4, 0.5) is 14.6 Å². The molecule has 102 valence electrons. The highest BCUT2D eigenvalue weighted by atomic mass is 35.5. The Hall–Kier alpha value is -2.46. The van der Waals surface area contributed by atoms with E-state index in [0.717, 1.165) is 0 Å². The van der Waals surface area contributed by atoms with Crippen molar-refractivity contribution in [3.05, 3.63) is 46.1 Å². The third-order valence-electron chi connectivity index (χ3n) is 2.44. The molecule has 1 heterocycles. The summed E-state index contributed by atoms with van der Waals surface area (Å²) in [5.41, 5.74) is -0.419. The normalized spacial score (nSPS) is 10.2. The second-order valence-corrected chi connectivity index (χ2v) is 4.28. The first-order valence-corrected chi connectivity index (χ1v) is 5.70. The summed E-state index contributed by atoms with van der Waals surface area (Å²) in [7, 11) is 1.55. The molecule has 20 heavy (non-hydrogen) atoms. The molecule has 2 aromatic rings. The van der Waals surface area contributed by atoms with E-state index in [1.165, 1.54) is 10.9 Å². The van der Waals surface area contributed by atoms with E-state index in [0.29, 0.717) is 12.1 Å². The smallest absolute Gasteiger partial charge is 0.259 e. The molecule has 0 radical (unpaired) electrons. The third kappa shape index (κ3) is 2.60. The summed E-state index contributed by atoms with van der Waals surface area (Å²) in [6.45, 7) is 0. The summed E-state index contributed by atoms with van der Waals surface area (Å²) in [5, 5.41) is 14.5. The number of nitriles is 1. The summed E-state index contributed by atoms with van der Waals surface area (Å²) in [6, 6.07) is 3.21. The van der Waals surface area contributed by atoms with Crippen LogP contribution in [0, 0.1) is 23.0 Å². The van der Waals surface area contributed by atoms with Gasteiger partial charge in [0.2, 0.25) is 0 Å². The van der Waals surface area contributed by atoms with E-state index in [-0.39, 0.29) is 11.4 Å². The highest BCUT2D eigenvalue weighted by Gasteiger charge is 2.18. The number of aryl methyl sites for hydroxylation is 1. The van der Waals surface area contributed by atoms with Gasteiger partial charge in [0.25, 0.3) is 5.91 Å². The van der Waals surface area contributed by atoms with Crippen molar-refractivity contribution in [2.75, 3.05) is 5.32 Å². The van der Waals surface area contributed by atoms with Gasteiger partial charge in [-0.3, -0.25) is 9.48 Å². The van der Waals surface area contributed by atoms with Gasteiger partial charge in [-0.25, -0.2) is 8.78 Å². The van der Waals surface area contributed by atoms with Gasteiger partial charge in [-0.15, -0.1) is 0 Å².